The molecule has 4 N–H and O–H groups in total. The summed E-state index contributed by atoms with van der Waals surface area (Å²) >= 11 is 0. The van der Waals surface area contributed by atoms with E-state index in [0.29, 0.717) is 4.31 Å². The maximum atomic E-state index is 12.6. The SMILES string of the molecule is COC(=O)/C(=C(/C)NNC(N)=O)N1C(=O)c2ccccc2S1(=O)=O. The molecule has 0 radical (unpaired) electrons. The predicted octanol–water partition coefficient (Wildman–Crippen LogP) is -0.591. The highest BCUT2D eigenvalue weighted by molar-refractivity contribution is 7.90. The highest BCUT2D eigenvalue weighted by Crippen LogP contribution is 2.33. The molecule has 2 rings (SSSR count). The molecule has 0 aromatic heterocycles. The summed E-state index contributed by atoms with van der Waals surface area (Å²) in [5.41, 5.74) is 8.33. The van der Waals surface area contributed by atoms with E-state index in [1.165, 1.54) is 31.2 Å². The third-order valence-electron chi connectivity index (χ3n) is 3.13. The van der Waals surface area contributed by atoms with Gasteiger partial charge in [-0.1, -0.05) is 12.1 Å². The smallest absolute Gasteiger partial charge is 0.357 e. The third-order valence-corrected chi connectivity index (χ3v) is 4.87. The highest BCUT2D eigenvalue weighted by atomic mass is 32.2. The summed E-state index contributed by atoms with van der Waals surface area (Å²) in [5.74, 6) is -2.00. The van der Waals surface area contributed by atoms with Crippen molar-refractivity contribution in [2.45, 2.75) is 11.8 Å². The van der Waals surface area contributed by atoms with Gasteiger partial charge in [-0.3, -0.25) is 15.6 Å². The summed E-state index contributed by atoms with van der Waals surface area (Å²) in [5, 5.41) is 0. The van der Waals surface area contributed by atoms with Crippen molar-refractivity contribution in [3.05, 3.63) is 41.2 Å². The number of urea groups is 1. The fraction of sp³-hybridized carbons (Fsp3) is 0.154. The zero-order chi connectivity index (χ0) is 18.1. The number of methoxy groups -OCH3 is 1. The molecule has 0 unspecified atom stereocenters. The van der Waals surface area contributed by atoms with Gasteiger partial charge in [-0.05, 0) is 19.1 Å². The molecule has 1 aromatic carbocycles. The standard InChI is InChI=1S/C13H14N4O6S/c1-7(15-16-13(14)20)10(12(19)23-2)17-11(18)8-5-3-4-6-9(8)24(17,21)22/h3-6,15H,1-2H3,(H3,14,16,20)/b10-7+. The Morgan fingerprint density at radius 1 is 1.21 bits per heavy atom. The van der Waals surface area contributed by atoms with Gasteiger partial charge in [0.25, 0.3) is 15.9 Å². The summed E-state index contributed by atoms with van der Waals surface area (Å²) in [6.45, 7) is 1.27. The number of esters is 1. The molecule has 0 saturated heterocycles. The Bertz CT molecular complexity index is 861. The van der Waals surface area contributed by atoms with Crippen LogP contribution in [0.1, 0.15) is 17.3 Å². The molecule has 1 aliphatic heterocycles. The second-order valence-electron chi connectivity index (χ2n) is 4.65. The molecule has 0 aliphatic carbocycles. The molecule has 1 aliphatic rings. The largest absolute Gasteiger partial charge is 0.464 e. The second-order valence-corrected chi connectivity index (χ2v) is 6.41. The normalized spacial score (nSPS) is 16.1. The highest BCUT2D eigenvalue weighted by Gasteiger charge is 2.46. The van der Waals surface area contributed by atoms with Crippen molar-refractivity contribution in [1.82, 2.24) is 15.2 Å². The van der Waals surface area contributed by atoms with Crippen molar-refractivity contribution in [2.24, 2.45) is 5.73 Å². The number of hydrogen-bond donors (Lipinski definition) is 3. The van der Waals surface area contributed by atoms with Gasteiger partial charge in [0.2, 0.25) is 0 Å². The van der Waals surface area contributed by atoms with Crippen molar-refractivity contribution in [1.29, 1.82) is 0 Å². The maximum absolute atomic E-state index is 12.6. The van der Waals surface area contributed by atoms with Crippen LogP contribution in [0.5, 0.6) is 0 Å². The molecule has 11 heteroatoms. The maximum Gasteiger partial charge on any atom is 0.357 e. The Hall–Kier alpha value is -3.08. The molecule has 0 saturated carbocycles. The van der Waals surface area contributed by atoms with Crippen LogP contribution >= 0.6 is 0 Å². The topological polar surface area (TPSA) is 148 Å². The fourth-order valence-electron chi connectivity index (χ4n) is 2.11. The number of amides is 3. The summed E-state index contributed by atoms with van der Waals surface area (Å²) in [7, 11) is -3.27. The first kappa shape index (κ1) is 17.3. The number of hydrazine groups is 1. The quantitative estimate of drug-likeness (QED) is 0.372. The van der Waals surface area contributed by atoms with Crippen molar-refractivity contribution >= 4 is 27.9 Å². The van der Waals surface area contributed by atoms with Crippen LogP contribution in [0.3, 0.4) is 0 Å². The van der Waals surface area contributed by atoms with Crippen molar-refractivity contribution in [3.8, 4) is 0 Å². The monoisotopic (exact) mass is 354 g/mol. The molecule has 0 bridgehead atoms. The van der Waals surface area contributed by atoms with Crippen LogP contribution < -0.4 is 16.6 Å². The van der Waals surface area contributed by atoms with Crippen LogP contribution in [0.15, 0.2) is 40.6 Å². The van der Waals surface area contributed by atoms with E-state index in [9.17, 15) is 22.8 Å². The number of nitrogens with one attached hydrogen (secondary N) is 2. The minimum absolute atomic E-state index is 0.0745. The van der Waals surface area contributed by atoms with Crippen molar-refractivity contribution in [2.75, 3.05) is 7.11 Å². The molecule has 0 atom stereocenters. The van der Waals surface area contributed by atoms with Crippen molar-refractivity contribution in [3.63, 3.8) is 0 Å². The van der Waals surface area contributed by atoms with Crippen LogP contribution in [0.4, 0.5) is 4.79 Å². The lowest BCUT2D eigenvalue weighted by atomic mass is 10.2. The molecular weight excluding hydrogens is 340 g/mol. The van der Waals surface area contributed by atoms with Gasteiger partial charge >= 0.3 is 12.0 Å². The number of rotatable bonds is 4. The number of primary amides is 1. The van der Waals surface area contributed by atoms with Crippen LogP contribution in [-0.2, 0) is 19.6 Å². The van der Waals surface area contributed by atoms with E-state index < -0.39 is 33.6 Å². The number of carbonyl (C=O) groups is 3. The number of benzene rings is 1. The number of carbonyl (C=O) groups excluding carboxylic acids is 3. The number of allylic oxidation sites excluding steroid dienone is 1. The molecule has 3 amide bonds. The first-order chi connectivity index (χ1) is 11.2. The number of nitrogens with zero attached hydrogens (tertiary/aromatic N) is 1. The van der Waals surface area contributed by atoms with Crippen LogP contribution in [0, 0.1) is 0 Å². The zero-order valence-electron chi connectivity index (χ0n) is 12.7. The Kier molecular flexibility index (Phi) is 4.46. The van der Waals surface area contributed by atoms with Gasteiger partial charge in [0.1, 0.15) is 4.90 Å². The number of hydrogen-bond acceptors (Lipinski definition) is 7. The number of sulfonamides is 1. The predicted molar refractivity (Wildman–Crippen MR) is 80.4 cm³/mol. The van der Waals surface area contributed by atoms with E-state index in [1.54, 1.807) is 0 Å². The van der Waals surface area contributed by atoms with Gasteiger partial charge in [-0.2, -0.15) is 4.31 Å². The Morgan fingerprint density at radius 3 is 2.38 bits per heavy atom. The van der Waals surface area contributed by atoms with Gasteiger partial charge in [-0.25, -0.2) is 18.0 Å². The summed E-state index contributed by atoms with van der Waals surface area (Å²) in [4.78, 5) is 35.1. The van der Waals surface area contributed by atoms with Gasteiger partial charge in [-0.15, -0.1) is 0 Å². The van der Waals surface area contributed by atoms with E-state index in [4.69, 9.17) is 5.73 Å². The van der Waals surface area contributed by atoms with E-state index >= 15 is 0 Å². The fourth-order valence-corrected chi connectivity index (χ4v) is 3.76. The molecule has 1 aromatic rings. The van der Waals surface area contributed by atoms with Gasteiger partial charge in [0, 0.05) is 0 Å². The lowest BCUT2D eigenvalue weighted by Gasteiger charge is -2.20. The first-order valence-electron chi connectivity index (χ1n) is 6.51. The Labute approximate surface area is 137 Å². The van der Waals surface area contributed by atoms with Crippen molar-refractivity contribution < 1.29 is 27.5 Å². The van der Waals surface area contributed by atoms with E-state index in [2.05, 4.69) is 10.2 Å². The van der Waals surface area contributed by atoms with Gasteiger partial charge in [0.15, 0.2) is 5.70 Å². The number of ether oxygens (including phenoxy) is 1. The molecule has 24 heavy (non-hydrogen) atoms. The molecule has 1 heterocycles. The van der Waals surface area contributed by atoms with Gasteiger partial charge in [0.05, 0.1) is 18.4 Å². The van der Waals surface area contributed by atoms with Crippen LogP contribution in [0.25, 0.3) is 0 Å². The average molecular weight is 354 g/mol. The van der Waals surface area contributed by atoms with Gasteiger partial charge < -0.3 is 10.5 Å². The lowest BCUT2D eigenvalue weighted by molar-refractivity contribution is -0.137. The minimum Gasteiger partial charge on any atom is -0.464 e. The van der Waals surface area contributed by atoms with Crippen LogP contribution in [-0.4, -0.2) is 37.7 Å². The lowest BCUT2D eigenvalue weighted by Crippen LogP contribution is -2.43. The number of nitrogens with two attached hydrogens (primary N) is 1. The van der Waals surface area contributed by atoms with E-state index in [1.807, 2.05) is 5.43 Å². The summed E-state index contributed by atoms with van der Waals surface area (Å²) in [6.07, 6.45) is 0. The number of fused-ring (bicyclic) bond motifs is 1. The summed E-state index contributed by atoms with van der Waals surface area (Å²) in [6, 6.07) is 4.56. The molecule has 0 spiro atoms. The third kappa shape index (κ3) is 2.76. The molecule has 10 nitrogen and oxygen atoms in total. The molecule has 0 fully saturated rings. The van der Waals surface area contributed by atoms with Crippen LogP contribution in [0.2, 0.25) is 0 Å². The minimum atomic E-state index is -4.29. The Morgan fingerprint density at radius 2 is 1.83 bits per heavy atom. The average Bonchev–Trinajstić information content (AvgIpc) is 2.74. The summed E-state index contributed by atoms with van der Waals surface area (Å²) < 4.78 is 30.1. The van der Waals surface area contributed by atoms with E-state index in [0.717, 1.165) is 7.11 Å². The first-order valence-corrected chi connectivity index (χ1v) is 7.95. The van der Waals surface area contributed by atoms with E-state index in [-0.39, 0.29) is 16.2 Å². The molecule has 128 valence electrons. The zero-order valence-corrected chi connectivity index (χ0v) is 13.5. The molecular formula is C13H14N4O6S. The Balaban J connectivity index is 2.60. The second kappa shape index (κ2) is 6.20.